The Balaban J connectivity index is 2.60. The number of carbonyl (C=O) groups is 1. The highest BCUT2D eigenvalue weighted by atomic mass is 16.5. The molecule has 0 aromatic rings. The van der Waals surface area contributed by atoms with E-state index in [4.69, 9.17) is 4.74 Å². The molecule has 0 aliphatic carbocycles. The Morgan fingerprint density at radius 3 is 2.47 bits per heavy atom. The second kappa shape index (κ2) is 6.36. The summed E-state index contributed by atoms with van der Waals surface area (Å²) in [6.45, 7) is 8.06. The van der Waals surface area contributed by atoms with Crippen molar-refractivity contribution in [2.45, 2.75) is 51.7 Å². The number of carbonyl (C=O) groups excluding carboxylic acids is 1. The second-order valence-corrected chi connectivity index (χ2v) is 5.10. The van der Waals surface area contributed by atoms with Gasteiger partial charge in [-0.3, -0.25) is 4.79 Å². The van der Waals surface area contributed by atoms with Gasteiger partial charge in [0.1, 0.15) is 5.60 Å². The van der Waals surface area contributed by atoms with Gasteiger partial charge in [-0.2, -0.15) is 0 Å². The molecule has 2 N–H and O–H groups in total. The van der Waals surface area contributed by atoms with Gasteiger partial charge in [-0.1, -0.05) is 20.3 Å². The van der Waals surface area contributed by atoms with Gasteiger partial charge >= 0.3 is 0 Å². The lowest BCUT2D eigenvalue weighted by atomic mass is 9.90. The maximum atomic E-state index is 12.3. The Labute approximate surface area is 104 Å². The van der Waals surface area contributed by atoms with Crippen LogP contribution in [-0.2, 0) is 9.53 Å². The molecule has 2 unspecified atom stereocenters. The van der Waals surface area contributed by atoms with Crippen molar-refractivity contribution in [3.63, 3.8) is 0 Å². The molecular formula is C13H26N2O2. The first-order valence-corrected chi connectivity index (χ1v) is 6.62. The Bertz CT molecular complexity index is 250. The summed E-state index contributed by atoms with van der Waals surface area (Å²) in [5, 5.41) is 6.36. The average molecular weight is 242 g/mol. The smallest absolute Gasteiger partial charge is 0.252 e. The van der Waals surface area contributed by atoms with Gasteiger partial charge in [0, 0.05) is 13.2 Å². The van der Waals surface area contributed by atoms with Crippen molar-refractivity contribution in [2.24, 2.45) is 5.92 Å². The van der Waals surface area contributed by atoms with E-state index in [0.717, 1.165) is 32.4 Å². The molecule has 1 fully saturated rings. The van der Waals surface area contributed by atoms with E-state index < -0.39 is 5.60 Å². The van der Waals surface area contributed by atoms with E-state index in [-0.39, 0.29) is 11.9 Å². The number of amides is 1. The fraction of sp³-hybridized carbons (Fsp3) is 0.923. The molecule has 0 bridgehead atoms. The first kappa shape index (κ1) is 14.5. The number of piperidine rings is 1. The largest absolute Gasteiger partial charge is 0.368 e. The van der Waals surface area contributed by atoms with Crippen LogP contribution >= 0.6 is 0 Å². The summed E-state index contributed by atoms with van der Waals surface area (Å²) < 4.78 is 5.50. The zero-order chi connectivity index (χ0) is 12.9. The number of ether oxygens (including phenoxy) is 1. The van der Waals surface area contributed by atoms with Crippen molar-refractivity contribution >= 4 is 5.91 Å². The maximum Gasteiger partial charge on any atom is 0.252 e. The lowest BCUT2D eigenvalue weighted by Gasteiger charge is -2.36. The van der Waals surface area contributed by atoms with Crippen LogP contribution in [0, 0.1) is 5.92 Å². The van der Waals surface area contributed by atoms with E-state index in [1.165, 1.54) is 0 Å². The van der Waals surface area contributed by atoms with Gasteiger partial charge < -0.3 is 15.4 Å². The van der Waals surface area contributed by atoms with E-state index >= 15 is 0 Å². The molecule has 17 heavy (non-hydrogen) atoms. The molecule has 0 aromatic heterocycles. The predicted molar refractivity (Wildman–Crippen MR) is 68.9 cm³/mol. The van der Waals surface area contributed by atoms with Crippen molar-refractivity contribution in [3.05, 3.63) is 0 Å². The van der Waals surface area contributed by atoms with Gasteiger partial charge in [0.05, 0.1) is 0 Å². The van der Waals surface area contributed by atoms with Crippen LogP contribution in [0.3, 0.4) is 0 Å². The van der Waals surface area contributed by atoms with Crippen LogP contribution in [0.1, 0.15) is 40.0 Å². The summed E-state index contributed by atoms with van der Waals surface area (Å²) in [6, 6.07) is 0.203. The first-order chi connectivity index (χ1) is 8.05. The molecule has 1 rings (SSSR count). The van der Waals surface area contributed by atoms with Crippen molar-refractivity contribution < 1.29 is 9.53 Å². The molecule has 2 atom stereocenters. The average Bonchev–Trinajstić information content (AvgIpc) is 2.38. The summed E-state index contributed by atoms with van der Waals surface area (Å²) in [5.74, 6) is 0.545. The van der Waals surface area contributed by atoms with Crippen LogP contribution in [0.15, 0.2) is 0 Å². The summed E-state index contributed by atoms with van der Waals surface area (Å²) in [5.41, 5.74) is -0.618. The molecule has 0 aromatic carbocycles. The standard InChI is InChI=1S/C13H26N2O2/c1-5-10(2)11(3)15-12(16)13(17-4)6-8-14-9-7-13/h10-11,14H,5-9H2,1-4H3,(H,15,16). The maximum absolute atomic E-state index is 12.3. The lowest BCUT2D eigenvalue weighted by molar-refractivity contribution is -0.147. The van der Waals surface area contributed by atoms with Gasteiger partial charge in [0.2, 0.25) is 0 Å². The van der Waals surface area contributed by atoms with Crippen molar-refractivity contribution in [3.8, 4) is 0 Å². The third-order valence-corrected chi connectivity index (χ3v) is 4.07. The quantitative estimate of drug-likeness (QED) is 0.764. The lowest BCUT2D eigenvalue weighted by Crippen LogP contribution is -2.56. The third kappa shape index (κ3) is 3.42. The minimum atomic E-state index is -0.618. The Kier molecular flexibility index (Phi) is 5.40. The fourth-order valence-electron chi connectivity index (χ4n) is 2.19. The molecule has 1 amide bonds. The van der Waals surface area contributed by atoms with Crippen LogP contribution in [0.4, 0.5) is 0 Å². The van der Waals surface area contributed by atoms with Gasteiger partial charge in [0.25, 0.3) is 5.91 Å². The minimum Gasteiger partial charge on any atom is -0.368 e. The first-order valence-electron chi connectivity index (χ1n) is 6.62. The van der Waals surface area contributed by atoms with Crippen molar-refractivity contribution in [2.75, 3.05) is 20.2 Å². The predicted octanol–water partition coefficient (Wildman–Crippen LogP) is 1.31. The van der Waals surface area contributed by atoms with E-state index in [1.807, 2.05) is 0 Å². The van der Waals surface area contributed by atoms with Crippen LogP contribution < -0.4 is 10.6 Å². The zero-order valence-corrected chi connectivity index (χ0v) is 11.5. The number of methoxy groups -OCH3 is 1. The molecule has 4 heteroatoms. The van der Waals surface area contributed by atoms with Crippen LogP contribution in [0.25, 0.3) is 0 Å². The molecule has 4 nitrogen and oxygen atoms in total. The normalized spacial score (nSPS) is 22.8. The van der Waals surface area contributed by atoms with E-state index in [0.29, 0.717) is 5.92 Å². The number of rotatable bonds is 5. The Morgan fingerprint density at radius 1 is 1.41 bits per heavy atom. The fourth-order valence-corrected chi connectivity index (χ4v) is 2.19. The third-order valence-electron chi connectivity index (χ3n) is 4.07. The van der Waals surface area contributed by atoms with E-state index in [2.05, 4.69) is 31.4 Å². The highest BCUT2D eigenvalue weighted by Crippen LogP contribution is 2.23. The topological polar surface area (TPSA) is 50.4 Å². The molecular weight excluding hydrogens is 216 g/mol. The Hall–Kier alpha value is -0.610. The molecule has 0 saturated carbocycles. The molecule has 100 valence electrons. The number of nitrogens with one attached hydrogen (secondary N) is 2. The summed E-state index contributed by atoms with van der Waals surface area (Å²) in [7, 11) is 1.64. The van der Waals surface area contributed by atoms with Crippen LogP contribution in [0.2, 0.25) is 0 Å². The number of hydrogen-bond donors (Lipinski definition) is 2. The zero-order valence-electron chi connectivity index (χ0n) is 11.5. The summed E-state index contributed by atoms with van der Waals surface area (Å²) >= 11 is 0. The highest BCUT2D eigenvalue weighted by molar-refractivity contribution is 5.85. The summed E-state index contributed by atoms with van der Waals surface area (Å²) in [4.78, 5) is 12.3. The van der Waals surface area contributed by atoms with Gasteiger partial charge in [-0.05, 0) is 38.8 Å². The molecule has 0 radical (unpaired) electrons. The minimum absolute atomic E-state index is 0.0503. The monoisotopic (exact) mass is 242 g/mol. The van der Waals surface area contributed by atoms with Gasteiger partial charge in [0.15, 0.2) is 0 Å². The van der Waals surface area contributed by atoms with Gasteiger partial charge in [-0.25, -0.2) is 0 Å². The van der Waals surface area contributed by atoms with Gasteiger partial charge in [-0.15, -0.1) is 0 Å². The van der Waals surface area contributed by atoms with Crippen LogP contribution in [0.5, 0.6) is 0 Å². The SMILES string of the molecule is CCC(C)C(C)NC(=O)C1(OC)CCNCC1. The second-order valence-electron chi connectivity index (χ2n) is 5.10. The highest BCUT2D eigenvalue weighted by Gasteiger charge is 2.40. The van der Waals surface area contributed by atoms with E-state index in [9.17, 15) is 4.79 Å². The van der Waals surface area contributed by atoms with Crippen molar-refractivity contribution in [1.82, 2.24) is 10.6 Å². The molecule has 1 aliphatic heterocycles. The summed E-state index contributed by atoms with van der Waals surface area (Å²) in [6.07, 6.45) is 2.58. The number of hydrogen-bond acceptors (Lipinski definition) is 3. The molecule has 1 aliphatic rings. The molecule has 1 heterocycles. The molecule has 0 spiro atoms. The van der Waals surface area contributed by atoms with Crippen LogP contribution in [-0.4, -0.2) is 37.7 Å². The molecule has 1 saturated heterocycles. The van der Waals surface area contributed by atoms with E-state index in [1.54, 1.807) is 7.11 Å². The van der Waals surface area contributed by atoms with Crippen molar-refractivity contribution in [1.29, 1.82) is 0 Å². The Morgan fingerprint density at radius 2 is 2.00 bits per heavy atom.